The maximum atomic E-state index is 4.53. The number of guanidine groups is 1. The molecular weight excluding hydrogens is 419 g/mol. The number of benzene rings is 1. The van der Waals surface area contributed by atoms with Gasteiger partial charge in [0.15, 0.2) is 5.96 Å². The number of aliphatic imine (C=N–C) groups is 1. The van der Waals surface area contributed by atoms with Crippen LogP contribution >= 0.6 is 35.3 Å². The van der Waals surface area contributed by atoms with Gasteiger partial charge in [-0.2, -0.15) is 0 Å². The normalized spacial score (nSPS) is 12.4. The Hall–Kier alpha value is -1.15. The number of hydrogen-bond donors (Lipinski definition) is 2. The van der Waals surface area contributed by atoms with Crippen molar-refractivity contribution in [1.29, 1.82) is 0 Å². The van der Waals surface area contributed by atoms with Gasteiger partial charge in [0.1, 0.15) is 5.01 Å². The Bertz CT molecular complexity index is 605. The van der Waals surface area contributed by atoms with Crippen molar-refractivity contribution in [2.45, 2.75) is 33.2 Å². The van der Waals surface area contributed by atoms with Crippen molar-refractivity contribution < 1.29 is 0 Å². The number of aromatic nitrogens is 1. The molecule has 2 rings (SSSR count). The minimum Gasteiger partial charge on any atom is -0.356 e. The van der Waals surface area contributed by atoms with Crippen LogP contribution in [0.25, 0.3) is 0 Å². The molecule has 0 saturated carbocycles. The zero-order valence-corrected chi connectivity index (χ0v) is 17.2. The summed E-state index contributed by atoms with van der Waals surface area (Å²) in [5.74, 6) is 1.25. The molecule has 0 spiro atoms. The van der Waals surface area contributed by atoms with E-state index in [9.17, 15) is 0 Å². The topological polar surface area (TPSA) is 49.3 Å². The molecule has 0 fully saturated rings. The number of rotatable bonds is 5. The Kier molecular flexibility index (Phi) is 8.54. The second kappa shape index (κ2) is 9.87. The molecule has 1 aromatic carbocycles. The lowest BCUT2D eigenvalue weighted by Gasteiger charge is -2.16. The van der Waals surface area contributed by atoms with Crippen LogP contribution in [0.1, 0.15) is 34.0 Å². The smallest absolute Gasteiger partial charge is 0.191 e. The second-order valence-corrected chi connectivity index (χ2v) is 6.66. The van der Waals surface area contributed by atoms with Crippen LogP contribution in [0.5, 0.6) is 0 Å². The summed E-state index contributed by atoms with van der Waals surface area (Å²) in [4.78, 5) is 10.1. The molecule has 0 aliphatic heterocycles. The zero-order chi connectivity index (χ0) is 15.9. The highest BCUT2D eigenvalue weighted by atomic mass is 127. The van der Waals surface area contributed by atoms with Crippen LogP contribution in [0.2, 0.25) is 0 Å². The Balaban J connectivity index is 0.00000264. The SMILES string of the molecule is CN=C(NCc1nc(C)c(C)s1)NCC(C)c1ccccc1.I. The molecule has 1 unspecified atom stereocenters. The predicted molar refractivity (Wildman–Crippen MR) is 110 cm³/mol. The lowest BCUT2D eigenvalue weighted by atomic mass is 10.0. The Morgan fingerprint density at radius 2 is 1.91 bits per heavy atom. The van der Waals surface area contributed by atoms with E-state index in [0.29, 0.717) is 12.5 Å². The van der Waals surface area contributed by atoms with E-state index in [-0.39, 0.29) is 24.0 Å². The van der Waals surface area contributed by atoms with Crippen LogP contribution in [0.15, 0.2) is 35.3 Å². The minimum absolute atomic E-state index is 0. The van der Waals surface area contributed by atoms with Gasteiger partial charge in [-0.25, -0.2) is 4.98 Å². The molecule has 0 saturated heterocycles. The number of nitrogens with zero attached hydrogens (tertiary/aromatic N) is 2. The fourth-order valence-electron chi connectivity index (χ4n) is 2.14. The van der Waals surface area contributed by atoms with Gasteiger partial charge in [0, 0.05) is 18.5 Å². The van der Waals surface area contributed by atoms with Crippen LogP contribution in [-0.4, -0.2) is 24.5 Å². The van der Waals surface area contributed by atoms with E-state index in [0.717, 1.165) is 23.2 Å². The summed E-state index contributed by atoms with van der Waals surface area (Å²) in [6, 6.07) is 10.5. The van der Waals surface area contributed by atoms with Crippen molar-refractivity contribution in [3.63, 3.8) is 0 Å². The molecule has 1 atom stereocenters. The van der Waals surface area contributed by atoms with Gasteiger partial charge >= 0.3 is 0 Å². The van der Waals surface area contributed by atoms with Gasteiger partial charge in [-0.05, 0) is 25.3 Å². The highest BCUT2D eigenvalue weighted by Crippen LogP contribution is 2.16. The van der Waals surface area contributed by atoms with Gasteiger partial charge in [-0.15, -0.1) is 35.3 Å². The van der Waals surface area contributed by atoms with Gasteiger partial charge in [0.25, 0.3) is 0 Å². The fraction of sp³-hybridized carbons (Fsp3) is 0.412. The van der Waals surface area contributed by atoms with E-state index in [4.69, 9.17) is 0 Å². The quantitative estimate of drug-likeness (QED) is 0.419. The summed E-state index contributed by atoms with van der Waals surface area (Å²) in [6.45, 7) is 7.91. The standard InChI is InChI=1S/C17H24N4S.HI/c1-12(15-8-6-5-7-9-15)10-19-17(18-4)20-11-16-21-13(2)14(3)22-16;/h5-9,12H,10-11H2,1-4H3,(H2,18,19,20);1H. The summed E-state index contributed by atoms with van der Waals surface area (Å²) in [6.07, 6.45) is 0. The summed E-state index contributed by atoms with van der Waals surface area (Å²) in [5.41, 5.74) is 2.44. The minimum atomic E-state index is 0. The lowest BCUT2D eigenvalue weighted by Crippen LogP contribution is -2.38. The number of nitrogens with one attached hydrogen (secondary N) is 2. The maximum absolute atomic E-state index is 4.53. The average Bonchev–Trinajstić information content (AvgIpc) is 2.86. The summed E-state index contributed by atoms with van der Waals surface area (Å²) >= 11 is 1.73. The number of thiazole rings is 1. The van der Waals surface area contributed by atoms with Crippen molar-refractivity contribution >= 4 is 41.3 Å². The molecule has 1 heterocycles. The van der Waals surface area contributed by atoms with Gasteiger partial charge in [0.05, 0.1) is 12.2 Å². The first-order valence-corrected chi connectivity index (χ1v) is 8.34. The third kappa shape index (κ3) is 6.10. The van der Waals surface area contributed by atoms with Crippen LogP contribution in [-0.2, 0) is 6.54 Å². The predicted octanol–water partition coefficient (Wildman–Crippen LogP) is 3.85. The number of halogens is 1. The van der Waals surface area contributed by atoms with E-state index in [1.54, 1.807) is 18.4 Å². The Morgan fingerprint density at radius 1 is 1.22 bits per heavy atom. The van der Waals surface area contributed by atoms with Crippen LogP contribution in [0.4, 0.5) is 0 Å². The maximum Gasteiger partial charge on any atom is 0.191 e. The average molecular weight is 444 g/mol. The van der Waals surface area contributed by atoms with Crippen LogP contribution in [0, 0.1) is 13.8 Å². The summed E-state index contributed by atoms with van der Waals surface area (Å²) in [5, 5.41) is 7.79. The van der Waals surface area contributed by atoms with E-state index >= 15 is 0 Å². The Morgan fingerprint density at radius 3 is 2.48 bits per heavy atom. The fourth-order valence-corrected chi connectivity index (χ4v) is 3.02. The molecule has 0 radical (unpaired) electrons. The van der Waals surface area contributed by atoms with E-state index in [2.05, 4.69) is 58.7 Å². The first-order chi connectivity index (χ1) is 10.6. The molecule has 6 heteroatoms. The molecule has 0 amide bonds. The molecule has 2 aromatic rings. The monoisotopic (exact) mass is 444 g/mol. The summed E-state index contributed by atoms with van der Waals surface area (Å²) in [7, 11) is 1.79. The molecular formula is C17H25IN4S. The van der Waals surface area contributed by atoms with E-state index in [1.165, 1.54) is 10.4 Å². The number of aryl methyl sites for hydroxylation is 2. The zero-order valence-electron chi connectivity index (χ0n) is 14.1. The van der Waals surface area contributed by atoms with E-state index in [1.807, 2.05) is 13.0 Å². The third-order valence-corrected chi connectivity index (χ3v) is 4.72. The summed E-state index contributed by atoms with van der Waals surface area (Å²) < 4.78 is 0. The van der Waals surface area contributed by atoms with Gasteiger partial charge in [-0.1, -0.05) is 37.3 Å². The molecule has 23 heavy (non-hydrogen) atoms. The highest BCUT2D eigenvalue weighted by Gasteiger charge is 2.07. The molecule has 0 aliphatic rings. The van der Waals surface area contributed by atoms with Crippen molar-refractivity contribution in [2.75, 3.05) is 13.6 Å². The van der Waals surface area contributed by atoms with Gasteiger partial charge in [-0.3, -0.25) is 4.99 Å². The number of hydrogen-bond acceptors (Lipinski definition) is 3. The van der Waals surface area contributed by atoms with Crippen molar-refractivity contribution in [1.82, 2.24) is 15.6 Å². The lowest BCUT2D eigenvalue weighted by molar-refractivity contribution is 0.698. The third-order valence-electron chi connectivity index (χ3n) is 3.65. The van der Waals surface area contributed by atoms with E-state index < -0.39 is 0 Å². The first kappa shape index (κ1) is 19.9. The largest absolute Gasteiger partial charge is 0.356 e. The van der Waals surface area contributed by atoms with Gasteiger partial charge in [0.2, 0.25) is 0 Å². The molecule has 4 nitrogen and oxygen atoms in total. The van der Waals surface area contributed by atoms with Crippen molar-refractivity contribution in [3.05, 3.63) is 51.5 Å². The molecule has 2 N–H and O–H groups in total. The highest BCUT2D eigenvalue weighted by molar-refractivity contribution is 14.0. The second-order valence-electron chi connectivity index (χ2n) is 5.37. The van der Waals surface area contributed by atoms with Crippen LogP contribution < -0.4 is 10.6 Å². The Labute approximate surface area is 159 Å². The van der Waals surface area contributed by atoms with Crippen molar-refractivity contribution in [2.24, 2.45) is 4.99 Å². The molecule has 0 aliphatic carbocycles. The van der Waals surface area contributed by atoms with Gasteiger partial charge < -0.3 is 10.6 Å². The molecule has 126 valence electrons. The molecule has 1 aromatic heterocycles. The first-order valence-electron chi connectivity index (χ1n) is 7.52. The van der Waals surface area contributed by atoms with Crippen molar-refractivity contribution in [3.8, 4) is 0 Å². The molecule has 0 bridgehead atoms. The van der Waals surface area contributed by atoms with Crippen LogP contribution in [0.3, 0.4) is 0 Å².